The van der Waals surface area contributed by atoms with Gasteiger partial charge in [0.05, 0.1) is 6.10 Å². The first-order chi connectivity index (χ1) is 7.45. The van der Waals surface area contributed by atoms with Gasteiger partial charge in [0.15, 0.2) is 0 Å². The highest BCUT2D eigenvalue weighted by atomic mass is 32.2. The van der Waals surface area contributed by atoms with Crippen LogP contribution in [0.15, 0.2) is 21.6 Å². The van der Waals surface area contributed by atoms with E-state index >= 15 is 0 Å². The molecule has 7 heteroatoms. The van der Waals surface area contributed by atoms with Gasteiger partial charge in [0, 0.05) is 6.54 Å². The lowest BCUT2D eigenvalue weighted by Gasteiger charge is -2.05. The van der Waals surface area contributed by atoms with Crippen LogP contribution in [0, 0.1) is 0 Å². The third-order valence-electron chi connectivity index (χ3n) is 1.91. The Hall–Kier alpha value is -0.890. The molecule has 1 atom stereocenters. The van der Waals surface area contributed by atoms with Crippen molar-refractivity contribution in [2.45, 2.75) is 31.1 Å². The van der Waals surface area contributed by atoms with Gasteiger partial charge in [-0.15, -0.1) is 0 Å². The normalized spacial score (nSPS) is 13.9. The third kappa shape index (κ3) is 3.60. The standard InChI is InChI=1S/C9H15NO5S/c1-7(12)4-5-10-16(13,14)9-3-2-8(6-11)15-9/h2-3,7,10-12H,4-6H2,1H3. The fourth-order valence-electron chi connectivity index (χ4n) is 1.06. The lowest BCUT2D eigenvalue weighted by molar-refractivity contribution is 0.186. The molecule has 0 saturated carbocycles. The zero-order valence-corrected chi connectivity index (χ0v) is 9.70. The van der Waals surface area contributed by atoms with Gasteiger partial charge in [0.25, 0.3) is 10.0 Å². The Labute approximate surface area is 93.9 Å². The summed E-state index contributed by atoms with van der Waals surface area (Å²) < 4.78 is 30.3. The van der Waals surface area contributed by atoms with E-state index in [1.165, 1.54) is 12.1 Å². The lowest BCUT2D eigenvalue weighted by atomic mass is 10.3. The second-order valence-electron chi connectivity index (χ2n) is 3.41. The maximum Gasteiger partial charge on any atom is 0.273 e. The maximum absolute atomic E-state index is 11.6. The molecule has 0 amide bonds. The summed E-state index contributed by atoms with van der Waals surface area (Å²) in [5.41, 5.74) is 0. The zero-order valence-electron chi connectivity index (χ0n) is 8.88. The maximum atomic E-state index is 11.6. The Kier molecular flexibility index (Phi) is 4.48. The first-order valence-corrected chi connectivity index (χ1v) is 6.31. The molecule has 0 radical (unpaired) electrons. The molecule has 0 fully saturated rings. The Bertz CT molecular complexity index is 423. The number of rotatable bonds is 6. The van der Waals surface area contributed by atoms with E-state index < -0.39 is 16.1 Å². The number of furan rings is 1. The van der Waals surface area contributed by atoms with Gasteiger partial charge >= 0.3 is 0 Å². The van der Waals surface area contributed by atoms with Gasteiger partial charge in [-0.05, 0) is 25.5 Å². The molecule has 1 heterocycles. The molecule has 0 aliphatic carbocycles. The Morgan fingerprint density at radius 1 is 1.50 bits per heavy atom. The topological polar surface area (TPSA) is 99.8 Å². The molecule has 6 nitrogen and oxygen atoms in total. The minimum absolute atomic E-state index is 0.134. The van der Waals surface area contributed by atoms with E-state index in [-0.39, 0.29) is 24.0 Å². The van der Waals surface area contributed by atoms with E-state index in [4.69, 9.17) is 14.6 Å². The van der Waals surface area contributed by atoms with Crippen molar-refractivity contribution < 1.29 is 23.0 Å². The highest BCUT2D eigenvalue weighted by Crippen LogP contribution is 2.13. The smallest absolute Gasteiger partial charge is 0.273 e. The van der Waals surface area contributed by atoms with Gasteiger partial charge in [-0.2, -0.15) is 0 Å². The van der Waals surface area contributed by atoms with Gasteiger partial charge in [0.1, 0.15) is 12.4 Å². The quantitative estimate of drug-likeness (QED) is 0.649. The van der Waals surface area contributed by atoms with Crippen LogP contribution in [0.1, 0.15) is 19.1 Å². The van der Waals surface area contributed by atoms with Crippen molar-refractivity contribution >= 4 is 10.0 Å². The van der Waals surface area contributed by atoms with Crippen molar-refractivity contribution in [2.75, 3.05) is 6.54 Å². The van der Waals surface area contributed by atoms with E-state index in [0.29, 0.717) is 6.42 Å². The zero-order chi connectivity index (χ0) is 12.2. The van der Waals surface area contributed by atoms with Gasteiger partial charge < -0.3 is 14.6 Å². The van der Waals surface area contributed by atoms with Crippen molar-refractivity contribution in [1.82, 2.24) is 4.72 Å². The summed E-state index contributed by atoms with van der Waals surface area (Å²) in [6.45, 7) is 1.36. The van der Waals surface area contributed by atoms with Crippen molar-refractivity contribution in [2.24, 2.45) is 0 Å². The Morgan fingerprint density at radius 2 is 2.19 bits per heavy atom. The number of nitrogens with one attached hydrogen (secondary N) is 1. The summed E-state index contributed by atoms with van der Waals surface area (Å²) in [4.78, 5) is 0. The molecular formula is C9H15NO5S. The molecule has 1 unspecified atom stereocenters. The van der Waals surface area contributed by atoms with E-state index in [1.807, 2.05) is 0 Å². The van der Waals surface area contributed by atoms with E-state index in [2.05, 4.69) is 4.72 Å². The van der Waals surface area contributed by atoms with Gasteiger partial charge in [-0.25, -0.2) is 13.1 Å². The first kappa shape index (κ1) is 13.2. The van der Waals surface area contributed by atoms with Gasteiger partial charge in [0.2, 0.25) is 5.09 Å². The van der Waals surface area contributed by atoms with E-state index in [0.717, 1.165) is 0 Å². The molecule has 0 aliphatic rings. The molecule has 0 aromatic carbocycles. The molecule has 0 bridgehead atoms. The minimum atomic E-state index is -3.68. The summed E-state index contributed by atoms with van der Waals surface area (Å²) >= 11 is 0. The highest BCUT2D eigenvalue weighted by Gasteiger charge is 2.18. The van der Waals surface area contributed by atoms with Crippen LogP contribution in [0.3, 0.4) is 0 Å². The summed E-state index contributed by atoms with van der Waals surface area (Å²) in [6, 6.07) is 2.67. The fourth-order valence-corrected chi connectivity index (χ4v) is 2.05. The minimum Gasteiger partial charge on any atom is -0.446 e. The summed E-state index contributed by atoms with van der Waals surface area (Å²) in [5.74, 6) is 0.191. The Balaban J connectivity index is 2.63. The predicted octanol–water partition coefficient (Wildman–Crippen LogP) is -0.179. The van der Waals surface area contributed by atoms with E-state index in [1.54, 1.807) is 6.92 Å². The largest absolute Gasteiger partial charge is 0.446 e. The lowest BCUT2D eigenvalue weighted by Crippen LogP contribution is -2.26. The van der Waals surface area contributed by atoms with Crippen LogP contribution in [0.25, 0.3) is 0 Å². The van der Waals surface area contributed by atoms with E-state index in [9.17, 15) is 8.42 Å². The molecular weight excluding hydrogens is 234 g/mol. The fraction of sp³-hybridized carbons (Fsp3) is 0.556. The van der Waals surface area contributed by atoms with Crippen LogP contribution < -0.4 is 4.72 Å². The predicted molar refractivity (Wildman–Crippen MR) is 56.1 cm³/mol. The van der Waals surface area contributed by atoms with Crippen molar-refractivity contribution in [3.63, 3.8) is 0 Å². The summed E-state index contributed by atoms with van der Waals surface area (Å²) in [6.07, 6.45) is -0.236. The molecule has 0 spiro atoms. The highest BCUT2D eigenvalue weighted by molar-refractivity contribution is 7.89. The van der Waals surface area contributed by atoms with Crippen molar-refractivity contribution in [3.05, 3.63) is 17.9 Å². The van der Waals surface area contributed by atoms with Crippen LogP contribution in [-0.2, 0) is 16.6 Å². The summed E-state index contributed by atoms with van der Waals surface area (Å²) in [5, 5.41) is 17.5. The van der Waals surface area contributed by atoms with Crippen molar-refractivity contribution in [1.29, 1.82) is 0 Å². The monoisotopic (exact) mass is 249 g/mol. The molecule has 0 aliphatic heterocycles. The van der Waals surface area contributed by atoms with Gasteiger partial charge in [-0.1, -0.05) is 0 Å². The second-order valence-corrected chi connectivity index (χ2v) is 5.11. The molecule has 0 saturated heterocycles. The average molecular weight is 249 g/mol. The van der Waals surface area contributed by atoms with Crippen LogP contribution in [-0.4, -0.2) is 31.3 Å². The molecule has 92 valence electrons. The number of aliphatic hydroxyl groups is 2. The molecule has 16 heavy (non-hydrogen) atoms. The number of hydrogen-bond acceptors (Lipinski definition) is 5. The summed E-state index contributed by atoms with van der Waals surface area (Å²) in [7, 11) is -3.68. The van der Waals surface area contributed by atoms with Crippen LogP contribution in [0.4, 0.5) is 0 Å². The second kappa shape index (κ2) is 5.44. The molecule has 3 N–H and O–H groups in total. The van der Waals surface area contributed by atoms with Crippen LogP contribution >= 0.6 is 0 Å². The van der Waals surface area contributed by atoms with Crippen LogP contribution in [0.2, 0.25) is 0 Å². The van der Waals surface area contributed by atoms with Crippen molar-refractivity contribution in [3.8, 4) is 0 Å². The average Bonchev–Trinajstić information content (AvgIpc) is 2.65. The third-order valence-corrected chi connectivity index (χ3v) is 3.25. The molecule has 1 rings (SSSR count). The number of aliphatic hydroxyl groups excluding tert-OH is 2. The Morgan fingerprint density at radius 3 is 2.69 bits per heavy atom. The number of sulfonamides is 1. The molecule has 1 aromatic heterocycles. The number of hydrogen-bond donors (Lipinski definition) is 3. The first-order valence-electron chi connectivity index (χ1n) is 4.83. The SMILES string of the molecule is CC(O)CCNS(=O)(=O)c1ccc(CO)o1. The molecule has 1 aromatic rings. The van der Waals surface area contributed by atoms with Crippen LogP contribution in [0.5, 0.6) is 0 Å². The van der Waals surface area contributed by atoms with Gasteiger partial charge in [-0.3, -0.25) is 0 Å².